The molecule has 19 heavy (non-hydrogen) atoms. The summed E-state index contributed by atoms with van der Waals surface area (Å²) in [6, 6.07) is 8.38. The number of nitrogens with zero attached hydrogens (tertiary/aromatic N) is 1. The second-order valence-corrected chi connectivity index (χ2v) is 4.79. The number of Topliss-reactive ketones (excluding diaryl/α,β-unsaturated/α-hetero) is 1. The second-order valence-electron chi connectivity index (χ2n) is 4.79. The normalized spacial score (nSPS) is 13.4. The van der Waals surface area contributed by atoms with Gasteiger partial charge in [0.15, 0.2) is 0 Å². The van der Waals surface area contributed by atoms with Gasteiger partial charge in [0.05, 0.1) is 5.69 Å². The highest BCUT2D eigenvalue weighted by atomic mass is 16.1. The zero-order valence-corrected chi connectivity index (χ0v) is 11.0. The van der Waals surface area contributed by atoms with Crippen molar-refractivity contribution in [3.8, 4) is 0 Å². The predicted molar refractivity (Wildman–Crippen MR) is 78.2 cm³/mol. The van der Waals surface area contributed by atoms with Gasteiger partial charge in [-0.05, 0) is 30.2 Å². The zero-order valence-electron chi connectivity index (χ0n) is 11.0. The molecule has 1 aliphatic carbocycles. The molecular formula is C17H16NO. The van der Waals surface area contributed by atoms with Gasteiger partial charge in [0.2, 0.25) is 5.78 Å². The molecule has 0 amide bonds. The van der Waals surface area contributed by atoms with Crippen molar-refractivity contribution in [1.29, 1.82) is 0 Å². The molecule has 2 nitrogen and oxygen atoms in total. The van der Waals surface area contributed by atoms with Gasteiger partial charge in [-0.2, -0.15) is 0 Å². The van der Waals surface area contributed by atoms with Crippen LogP contribution in [0.3, 0.4) is 0 Å². The van der Waals surface area contributed by atoms with Gasteiger partial charge < -0.3 is 4.57 Å². The van der Waals surface area contributed by atoms with Crippen molar-refractivity contribution in [1.82, 2.24) is 4.57 Å². The number of carbonyl (C=O) groups excluding carboxylic acids is 1. The van der Waals surface area contributed by atoms with Crippen LogP contribution in [0.1, 0.15) is 23.0 Å². The van der Waals surface area contributed by atoms with Crippen molar-refractivity contribution in [3.05, 3.63) is 66.2 Å². The Balaban J connectivity index is 2.18. The smallest absolute Gasteiger partial charge is 0.205 e. The maximum atomic E-state index is 12.3. The monoisotopic (exact) mass is 250 g/mol. The summed E-state index contributed by atoms with van der Waals surface area (Å²) in [5.41, 5.74) is 3.95. The van der Waals surface area contributed by atoms with Crippen LogP contribution in [-0.2, 0) is 13.0 Å². The number of ketones is 1. The summed E-state index contributed by atoms with van der Waals surface area (Å²) in [6.45, 7) is 6.58. The molecule has 0 spiro atoms. The molecule has 95 valence electrons. The van der Waals surface area contributed by atoms with E-state index in [9.17, 15) is 4.79 Å². The van der Waals surface area contributed by atoms with Crippen LogP contribution in [0.25, 0.3) is 10.9 Å². The van der Waals surface area contributed by atoms with Crippen LogP contribution < -0.4 is 0 Å². The number of carbonyl (C=O) groups is 1. The van der Waals surface area contributed by atoms with Crippen molar-refractivity contribution in [2.45, 2.75) is 19.9 Å². The fourth-order valence-corrected chi connectivity index (χ4v) is 2.40. The molecule has 2 heteroatoms. The molecule has 3 rings (SSSR count). The van der Waals surface area contributed by atoms with Crippen molar-refractivity contribution in [2.75, 3.05) is 0 Å². The Bertz CT molecular complexity index is 703. The summed E-state index contributed by atoms with van der Waals surface area (Å²) < 4.78 is 2.04. The molecule has 0 N–H and O–H groups in total. The summed E-state index contributed by atoms with van der Waals surface area (Å²) in [5, 5.41) is 1.13. The average molecular weight is 250 g/mol. The van der Waals surface area contributed by atoms with Gasteiger partial charge in [-0.3, -0.25) is 4.79 Å². The highest BCUT2D eigenvalue weighted by Crippen LogP contribution is 2.27. The molecule has 0 fully saturated rings. The molecule has 0 saturated heterocycles. The first kappa shape index (κ1) is 12.0. The van der Waals surface area contributed by atoms with Crippen LogP contribution in [0, 0.1) is 6.42 Å². The molecular weight excluding hydrogens is 234 g/mol. The van der Waals surface area contributed by atoms with E-state index < -0.39 is 0 Å². The van der Waals surface area contributed by atoms with Crippen molar-refractivity contribution < 1.29 is 4.79 Å². The van der Waals surface area contributed by atoms with Gasteiger partial charge >= 0.3 is 0 Å². The minimum absolute atomic E-state index is 0.107. The van der Waals surface area contributed by atoms with Crippen LogP contribution in [0.5, 0.6) is 0 Å². The molecule has 1 heterocycles. The summed E-state index contributed by atoms with van der Waals surface area (Å²) in [5.74, 6) is 0.107. The maximum Gasteiger partial charge on any atom is 0.205 e. The Labute approximate surface area is 113 Å². The minimum Gasteiger partial charge on any atom is -0.334 e. The first-order valence-electron chi connectivity index (χ1n) is 6.57. The largest absolute Gasteiger partial charge is 0.334 e. The first-order chi connectivity index (χ1) is 9.24. The molecule has 0 unspecified atom stereocenters. The predicted octanol–water partition coefficient (Wildman–Crippen LogP) is 3.72. The minimum atomic E-state index is 0.107. The molecule has 1 aliphatic rings. The summed E-state index contributed by atoms with van der Waals surface area (Å²) in [7, 11) is 0. The van der Waals surface area contributed by atoms with Gasteiger partial charge in [-0.25, -0.2) is 0 Å². The second kappa shape index (κ2) is 4.54. The van der Waals surface area contributed by atoms with Crippen LogP contribution in [0.2, 0.25) is 0 Å². The van der Waals surface area contributed by atoms with E-state index in [2.05, 4.69) is 31.7 Å². The van der Waals surface area contributed by atoms with Gasteiger partial charge in [0.25, 0.3) is 0 Å². The molecule has 0 bridgehead atoms. The standard InChI is InChI=1S/C17H16NO/c1-3-9-18-15-8-5-12(4-2)10-14(15)11-16(18)17(19)13-6-7-13/h3,5-8,10-11H,1,4,9H2,2H3. The summed E-state index contributed by atoms with van der Waals surface area (Å²) in [4.78, 5) is 12.3. The number of allylic oxidation sites excluding steroid dienone is 3. The molecule has 1 aromatic heterocycles. The highest BCUT2D eigenvalue weighted by Gasteiger charge is 2.23. The summed E-state index contributed by atoms with van der Waals surface area (Å²) in [6.07, 6.45) is 6.55. The molecule has 0 aliphatic heterocycles. The third kappa shape index (κ3) is 2.03. The van der Waals surface area contributed by atoms with E-state index in [1.807, 2.05) is 29.2 Å². The Morgan fingerprint density at radius 3 is 2.79 bits per heavy atom. The highest BCUT2D eigenvalue weighted by molar-refractivity contribution is 6.15. The fraction of sp³-hybridized carbons (Fsp3) is 0.176. The van der Waals surface area contributed by atoms with Crippen LogP contribution in [0.4, 0.5) is 0 Å². The fourth-order valence-electron chi connectivity index (χ4n) is 2.40. The van der Waals surface area contributed by atoms with Gasteiger partial charge in [0, 0.05) is 29.4 Å². The van der Waals surface area contributed by atoms with E-state index in [1.54, 1.807) is 0 Å². The Kier molecular flexibility index (Phi) is 2.86. The first-order valence-corrected chi connectivity index (χ1v) is 6.57. The SMILES string of the molecule is C=CCn1c(C(=O)C2=C[CH]2)cc2cc(CC)ccc21. The van der Waals surface area contributed by atoms with E-state index in [1.165, 1.54) is 5.56 Å². The van der Waals surface area contributed by atoms with Gasteiger partial charge in [0.1, 0.15) is 0 Å². The van der Waals surface area contributed by atoms with E-state index in [-0.39, 0.29) is 5.78 Å². The lowest BCUT2D eigenvalue weighted by Gasteiger charge is -2.06. The number of aromatic nitrogens is 1. The lowest BCUT2D eigenvalue weighted by atomic mass is 10.1. The van der Waals surface area contributed by atoms with E-state index in [4.69, 9.17) is 0 Å². The third-order valence-electron chi connectivity index (χ3n) is 3.51. The van der Waals surface area contributed by atoms with Crippen molar-refractivity contribution >= 4 is 16.7 Å². The Hall–Kier alpha value is -2.09. The molecule has 0 saturated carbocycles. The molecule has 2 aromatic rings. The quantitative estimate of drug-likeness (QED) is 0.585. The van der Waals surface area contributed by atoms with E-state index in [0.29, 0.717) is 6.54 Å². The van der Waals surface area contributed by atoms with Crippen molar-refractivity contribution in [2.24, 2.45) is 0 Å². The average Bonchev–Trinajstić information content (AvgIpc) is 3.21. The lowest BCUT2D eigenvalue weighted by molar-refractivity contribution is 0.103. The zero-order chi connectivity index (χ0) is 13.4. The topological polar surface area (TPSA) is 22.0 Å². The molecule has 1 radical (unpaired) electrons. The number of aryl methyl sites for hydroxylation is 1. The van der Waals surface area contributed by atoms with E-state index >= 15 is 0 Å². The van der Waals surface area contributed by atoms with Crippen LogP contribution in [0.15, 0.2) is 48.6 Å². The van der Waals surface area contributed by atoms with Crippen LogP contribution >= 0.6 is 0 Å². The molecule has 0 atom stereocenters. The van der Waals surface area contributed by atoms with E-state index in [0.717, 1.165) is 28.6 Å². The Morgan fingerprint density at radius 1 is 1.37 bits per heavy atom. The Morgan fingerprint density at radius 2 is 2.16 bits per heavy atom. The maximum absolute atomic E-state index is 12.3. The number of benzene rings is 1. The van der Waals surface area contributed by atoms with Crippen molar-refractivity contribution in [3.63, 3.8) is 0 Å². The molecule has 1 aromatic carbocycles. The van der Waals surface area contributed by atoms with Gasteiger partial charge in [-0.1, -0.05) is 25.1 Å². The number of hydrogen-bond donors (Lipinski definition) is 0. The third-order valence-corrected chi connectivity index (χ3v) is 3.51. The van der Waals surface area contributed by atoms with Crippen LogP contribution in [-0.4, -0.2) is 10.4 Å². The summed E-state index contributed by atoms with van der Waals surface area (Å²) >= 11 is 0. The number of fused-ring (bicyclic) bond motifs is 1. The lowest BCUT2D eigenvalue weighted by Crippen LogP contribution is -2.07. The number of rotatable bonds is 5. The van der Waals surface area contributed by atoms with Gasteiger partial charge in [-0.15, -0.1) is 6.58 Å². The number of hydrogen-bond acceptors (Lipinski definition) is 1.